The Balaban J connectivity index is 2.80. The highest BCUT2D eigenvalue weighted by atomic mass is 79.9. The smallest absolute Gasteiger partial charge is 0.165 e. The van der Waals surface area contributed by atoms with Crippen LogP contribution in [0.2, 0.25) is 5.02 Å². The van der Waals surface area contributed by atoms with Gasteiger partial charge in [-0.1, -0.05) is 11.6 Å². The van der Waals surface area contributed by atoms with E-state index in [1.807, 2.05) is 6.92 Å². The molecule has 0 aliphatic heterocycles. The van der Waals surface area contributed by atoms with Gasteiger partial charge in [0.2, 0.25) is 0 Å². The Morgan fingerprint density at radius 3 is 2.82 bits per heavy atom. The molecule has 0 heterocycles. The van der Waals surface area contributed by atoms with Gasteiger partial charge in [0.05, 0.1) is 16.7 Å². The highest BCUT2D eigenvalue weighted by Crippen LogP contribution is 2.28. The number of hydrogen-bond donors (Lipinski definition) is 0. The molecule has 1 unspecified atom stereocenters. The summed E-state index contributed by atoms with van der Waals surface area (Å²) >= 11 is 8.82. The molecule has 94 valence electrons. The quantitative estimate of drug-likeness (QED) is 0.598. The Labute approximate surface area is 113 Å². The third kappa shape index (κ3) is 3.76. The van der Waals surface area contributed by atoms with Gasteiger partial charge in [-0.3, -0.25) is 4.79 Å². The van der Waals surface area contributed by atoms with Crippen molar-refractivity contribution >= 4 is 33.3 Å². The number of Topliss-reactive ketones (excluding diaryl/α,β-unsaturated/α-hetero) is 1. The van der Waals surface area contributed by atoms with E-state index in [1.165, 1.54) is 6.07 Å². The normalized spacial score (nSPS) is 12.5. The molecular weight excluding hydrogens is 310 g/mol. The van der Waals surface area contributed by atoms with E-state index in [0.717, 1.165) is 0 Å². The lowest BCUT2D eigenvalue weighted by Gasteiger charge is -2.09. The summed E-state index contributed by atoms with van der Waals surface area (Å²) in [7, 11) is 1.58. The maximum absolute atomic E-state index is 13.7. The van der Waals surface area contributed by atoms with Gasteiger partial charge in [0, 0.05) is 18.0 Å². The Morgan fingerprint density at radius 1 is 1.59 bits per heavy atom. The minimum Gasteiger partial charge on any atom is -0.382 e. The average molecular weight is 324 g/mol. The molecule has 0 fully saturated rings. The molecule has 0 radical (unpaired) electrons. The van der Waals surface area contributed by atoms with Crippen LogP contribution in [0.25, 0.3) is 0 Å². The summed E-state index contributed by atoms with van der Waals surface area (Å²) in [6.45, 7) is 1.86. The van der Waals surface area contributed by atoms with E-state index in [4.69, 9.17) is 16.3 Å². The molecule has 2 nitrogen and oxygen atoms in total. The fraction of sp³-hybridized carbons (Fsp3) is 0.417. The number of carbonyl (C=O) groups excluding carboxylic acids is 1. The highest BCUT2D eigenvalue weighted by Gasteiger charge is 2.16. The molecule has 0 spiro atoms. The molecule has 1 atom stereocenters. The zero-order chi connectivity index (χ0) is 13.0. The second kappa shape index (κ2) is 6.47. The summed E-state index contributed by atoms with van der Waals surface area (Å²) in [5.41, 5.74) is 0.0292. The second-order valence-corrected chi connectivity index (χ2v) is 4.96. The Bertz CT molecular complexity index is 423. The monoisotopic (exact) mass is 322 g/mol. The van der Waals surface area contributed by atoms with Gasteiger partial charge >= 0.3 is 0 Å². The van der Waals surface area contributed by atoms with Crippen LogP contribution in [0.5, 0.6) is 0 Å². The zero-order valence-corrected chi connectivity index (χ0v) is 11.9. The van der Waals surface area contributed by atoms with Crippen molar-refractivity contribution in [3.63, 3.8) is 0 Å². The number of ether oxygens (including phenoxy) is 1. The second-order valence-electron chi connectivity index (χ2n) is 3.73. The predicted molar refractivity (Wildman–Crippen MR) is 69.1 cm³/mol. The van der Waals surface area contributed by atoms with Crippen molar-refractivity contribution in [1.29, 1.82) is 0 Å². The van der Waals surface area contributed by atoms with Crippen molar-refractivity contribution in [1.82, 2.24) is 0 Å². The van der Waals surface area contributed by atoms with E-state index < -0.39 is 5.82 Å². The molecule has 0 aliphatic rings. The highest BCUT2D eigenvalue weighted by molar-refractivity contribution is 9.10. The van der Waals surface area contributed by atoms with E-state index in [-0.39, 0.29) is 28.9 Å². The van der Waals surface area contributed by atoms with Crippen LogP contribution in [0.3, 0.4) is 0 Å². The first-order chi connectivity index (χ1) is 7.97. The number of methoxy groups -OCH3 is 1. The van der Waals surface area contributed by atoms with Gasteiger partial charge in [0.15, 0.2) is 11.6 Å². The van der Waals surface area contributed by atoms with Crippen molar-refractivity contribution in [2.24, 2.45) is 0 Å². The van der Waals surface area contributed by atoms with Crippen LogP contribution >= 0.6 is 27.5 Å². The number of carbonyl (C=O) groups is 1. The minimum absolute atomic E-state index is 0.0204. The summed E-state index contributed by atoms with van der Waals surface area (Å²) in [4.78, 5) is 11.8. The molecule has 1 aromatic rings. The van der Waals surface area contributed by atoms with Crippen LogP contribution in [0.4, 0.5) is 4.39 Å². The SMILES string of the molecule is COC(C)CCC(=O)c1ccc(Br)c(Cl)c1F. The minimum atomic E-state index is -0.670. The summed E-state index contributed by atoms with van der Waals surface area (Å²) in [6.07, 6.45) is 0.778. The lowest BCUT2D eigenvalue weighted by atomic mass is 10.0. The third-order valence-electron chi connectivity index (χ3n) is 2.52. The van der Waals surface area contributed by atoms with Gasteiger partial charge in [-0.05, 0) is 41.4 Å². The van der Waals surface area contributed by atoms with Crippen LogP contribution in [-0.2, 0) is 4.74 Å². The number of ketones is 1. The first-order valence-electron chi connectivity index (χ1n) is 5.16. The Hall–Kier alpha value is -0.450. The average Bonchev–Trinajstić information content (AvgIpc) is 2.32. The Kier molecular flexibility index (Phi) is 5.56. The van der Waals surface area contributed by atoms with E-state index in [0.29, 0.717) is 10.9 Å². The van der Waals surface area contributed by atoms with Crippen molar-refractivity contribution in [2.75, 3.05) is 7.11 Å². The lowest BCUT2D eigenvalue weighted by Crippen LogP contribution is -2.10. The molecule has 17 heavy (non-hydrogen) atoms. The number of halogens is 3. The molecule has 0 aromatic heterocycles. The predicted octanol–water partition coefficient (Wildman–Crippen LogP) is 4.24. The summed E-state index contributed by atoms with van der Waals surface area (Å²) in [5, 5.41) is -0.0596. The van der Waals surface area contributed by atoms with Crippen LogP contribution in [-0.4, -0.2) is 19.0 Å². The molecule has 0 saturated carbocycles. The number of hydrogen-bond acceptors (Lipinski definition) is 2. The topological polar surface area (TPSA) is 26.3 Å². The van der Waals surface area contributed by atoms with Gasteiger partial charge in [0.1, 0.15) is 0 Å². The first-order valence-corrected chi connectivity index (χ1v) is 6.34. The molecule has 1 rings (SSSR count). The summed E-state index contributed by atoms with van der Waals surface area (Å²) in [5.74, 6) is -0.933. The first kappa shape index (κ1) is 14.6. The van der Waals surface area contributed by atoms with Gasteiger partial charge in [-0.2, -0.15) is 0 Å². The van der Waals surface area contributed by atoms with Gasteiger partial charge in [-0.15, -0.1) is 0 Å². The largest absolute Gasteiger partial charge is 0.382 e. The molecule has 5 heteroatoms. The number of rotatable bonds is 5. The van der Waals surface area contributed by atoms with Gasteiger partial charge in [0.25, 0.3) is 0 Å². The van der Waals surface area contributed by atoms with E-state index in [9.17, 15) is 9.18 Å². The lowest BCUT2D eigenvalue weighted by molar-refractivity contribution is 0.0874. The van der Waals surface area contributed by atoms with Crippen LogP contribution in [0.1, 0.15) is 30.1 Å². The molecule has 0 bridgehead atoms. The number of benzene rings is 1. The van der Waals surface area contributed by atoms with Crippen molar-refractivity contribution in [2.45, 2.75) is 25.9 Å². The van der Waals surface area contributed by atoms with Crippen molar-refractivity contribution in [3.8, 4) is 0 Å². The molecule has 0 saturated heterocycles. The molecule has 1 aromatic carbocycles. The van der Waals surface area contributed by atoms with Crippen LogP contribution in [0, 0.1) is 5.82 Å². The van der Waals surface area contributed by atoms with Crippen LogP contribution < -0.4 is 0 Å². The Morgan fingerprint density at radius 2 is 2.24 bits per heavy atom. The fourth-order valence-corrected chi connectivity index (χ4v) is 1.80. The standard InChI is InChI=1S/C12H13BrClFO2/c1-7(17-2)3-6-10(16)8-4-5-9(13)11(14)12(8)15/h4-5,7H,3,6H2,1-2H3. The van der Waals surface area contributed by atoms with Crippen molar-refractivity contribution < 1.29 is 13.9 Å². The van der Waals surface area contributed by atoms with Crippen LogP contribution in [0.15, 0.2) is 16.6 Å². The molecule has 0 N–H and O–H groups in total. The summed E-state index contributed by atoms with van der Waals surface area (Å²) in [6, 6.07) is 3.00. The molecular formula is C12H13BrClFO2. The van der Waals surface area contributed by atoms with Gasteiger partial charge in [-0.25, -0.2) is 4.39 Å². The van der Waals surface area contributed by atoms with E-state index >= 15 is 0 Å². The summed E-state index contributed by atoms with van der Waals surface area (Å²) < 4.78 is 19.2. The van der Waals surface area contributed by atoms with Gasteiger partial charge < -0.3 is 4.74 Å². The molecule has 0 amide bonds. The fourth-order valence-electron chi connectivity index (χ4n) is 1.33. The maximum atomic E-state index is 13.7. The van der Waals surface area contributed by atoms with E-state index in [2.05, 4.69) is 15.9 Å². The zero-order valence-electron chi connectivity index (χ0n) is 9.60. The van der Waals surface area contributed by atoms with E-state index in [1.54, 1.807) is 13.2 Å². The van der Waals surface area contributed by atoms with Crippen molar-refractivity contribution in [3.05, 3.63) is 33.0 Å². The maximum Gasteiger partial charge on any atom is 0.165 e. The third-order valence-corrected chi connectivity index (χ3v) is 3.77. The molecule has 0 aliphatic carbocycles.